The maximum atomic E-state index is 13.1. The quantitative estimate of drug-likeness (QED) is 0.659. The Morgan fingerprint density at radius 3 is 2.59 bits per heavy atom. The third-order valence-electron chi connectivity index (χ3n) is 4.33. The van der Waals surface area contributed by atoms with E-state index in [1.54, 1.807) is 4.68 Å². The predicted octanol–water partition coefficient (Wildman–Crippen LogP) is 4.11. The van der Waals surface area contributed by atoms with Crippen LogP contribution in [-0.2, 0) is 4.79 Å². The number of carbonyl (C=O) groups is 1. The van der Waals surface area contributed by atoms with E-state index in [1.165, 1.54) is 30.6 Å². The Morgan fingerprint density at radius 1 is 1.19 bits per heavy atom. The molecule has 0 spiro atoms. The smallest absolute Gasteiger partial charge is 0.255 e. The number of fused-ring (bicyclic) bond motifs is 1. The minimum Gasteiger partial charge on any atom is -0.328 e. The highest BCUT2D eigenvalue weighted by molar-refractivity contribution is 9.10. The van der Waals surface area contributed by atoms with Gasteiger partial charge in [-0.1, -0.05) is 28.1 Å². The number of amides is 1. The Morgan fingerprint density at radius 2 is 1.89 bits per heavy atom. The average Bonchev–Trinajstić information content (AvgIpc) is 3.11. The maximum absolute atomic E-state index is 13.1. The van der Waals surface area contributed by atoms with E-state index in [0.717, 1.165) is 10.0 Å². The number of rotatable bonds is 3. The van der Waals surface area contributed by atoms with Gasteiger partial charge in [-0.2, -0.15) is 10.1 Å². The molecule has 2 heterocycles. The first-order valence-electron chi connectivity index (χ1n) is 8.22. The summed E-state index contributed by atoms with van der Waals surface area (Å²) in [6.45, 7) is 1.82. The molecule has 1 amide bonds. The molecule has 0 bridgehead atoms. The van der Waals surface area contributed by atoms with Crippen LogP contribution in [0.2, 0.25) is 0 Å². The van der Waals surface area contributed by atoms with Crippen LogP contribution in [0.1, 0.15) is 18.5 Å². The van der Waals surface area contributed by atoms with Crippen molar-refractivity contribution in [1.29, 1.82) is 0 Å². The molecule has 1 aliphatic rings. The Kier molecular flexibility index (Phi) is 4.49. The van der Waals surface area contributed by atoms with E-state index in [9.17, 15) is 9.18 Å². The second-order valence-electron chi connectivity index (χ2n) is 6.11. The molecule has 1 aliphatic heterocycles. The van der Waals surface area contributed by atoms with Crippen LogP contribution in [0.5, 0.6) is 0 Å². The van der Waals surface area contributed by atoms with Crippen molar-refractivity contribution in [1.82, 2.24) is 14.8 Å². The molecule has 2 aromatic carbocycles. The Bertz CT molecular complexity index is 1030. The van der Waals surface area contributed by atoms with Crippen molar-refractivity contribution in [2.75, 3.05) is 10.6 Å². The van der Waals surface area contributed by atoms with E-state index >= 15 is 0 Å². The molecular weight excluding hydrogens is 413 g/mol. The molecule has 1 aromatic heterocycles. The van der Waals surface area contributed by atoms with Crippen molar-refractivity contribution >= 4 is 33.5 Å². The zero-order valence-corrected chi connectivity index (χ0v) is 15.9. The zero-order chi connectivity index (χ0) is 19.0. The minimum atomic E-state index is -0.433. The lowest BCUT2D eigenvalue weighted by atomic mass is 9.95. The number of allylic oxidation sites excluding steroid dienone is 1. The summed E-state index contributed by atoms with van der Waals surface area (Å²) in [7, 11) is 0. The highest BCUT2D eigenvalue weighted by Gasteiger charge is 2.33. The first kappa shape index (κ1) is 17.4. The standard InChI is InChI=1S/C19H15BrFN5O/c1-11-16(18(27)25-15-8-6-14(21)7-9-15)17(12-2-4-13(20)5-3-12)26-19(24-11)22-10-23-26/h2-10,17H,1H3,(H,25,27)(H,22,23,24)/t17-/m0/s1. The number of nitrogens with zero attached hydrogens (tertiary/aromatic N) is 3. The van der Waals surface area contributed by atoms with Gasteiger partial charge in [0.2, 0.25) is 5.95 Å². The molecule has 8 heteroatoms. The monoisotopic (exact) mass is 427 g/mol. The summed E-state index contributed by atoms with van der Waals surface area (Å²) in [5.74, 6) is -0.0813. The summed E-state index contributed by atoms with van der Waals surface area (Å²) in [6.07, 6.45) is 1.45. The summed E-state index contributed by atoms with van der Waals surface area (Å²) in [5, 5.41) is 10.2. The van der Waals surface area contributed by atoms with Crippen LogP contribution < -0.4 is 10.6 Å². The lowest BCUT2D eigenvalue weighted by Gasteiger charge is -2.28. The summed E-state index contributed by atoms with van der Waals surface area (Å²) in [5.41, 5.74) is 2.61. The van der Waals surface area contributed by atoms with Gasteiger partial charge < -0.3 is 10.6 Å². The van der Waals surface area contributed by atoms with Gasteiger partial charge in [-0.15, -0.1) is 0 Å². The van der Waals surface area contributed by atoms with Gasteiger partial charge in [0.05, 0.1) is 5.57 Å². The number of hydrogen-bond donors (Lipinski definition) is 2. The second-order valence-corrected chi connectivity index (χ2v) is 7.02. The Labute approximate surface area is 163 Å². The van der Waals surface area contributed by atoms with Gasteiger partial charge in [0, 0.05) is 15.9 Å². The van der Waals surface area contributed by atoms with Gasteiger partial charge in [-0.05, 0) is 48.9 Å². The van der Waals surface area contributed by atoms with E-state index in [0.29, 0.717) is 22.9 Å². The molecule has 3 aromatic rings. The second kappa shape index (κ2) is 6.96. The molecule has 4 rings (SSSR count). The van der Waals surface area contributed by atoms with E-state index < -0.39 is 6.04 Å². The first-order valence-corrected chi connectivity index (χ1v) is 9.02. The maximum Gasteiger partial charge on any atom is 0.255 e. The third-order valence-corrected chi connectivity index (χ3v) is 4.86. The summed E-state index contributed by atoms with van der Waals surface area (Å²) in [4.78, 5) is 17.3. The van der Waals surface area contributed by atoms with Crippen LogP contribution in [0, 0.1) is 5.82 Å². The predicted molar refractivity (Wildman–Crippen MR) is 104 cm³/mol. The SMILES string of the molecule is CC1=C(C(=O)Nc2ccc(F)cc2)[C@H](c2ccc(Br)cc2)n2ncnc2N1. The first-order chi connectivity index (χ1) is 13.0. The summed E-state index contributed by atoms with van der Waals surface area (Å²) >= 11 is 3.43. The third kappa shape index (κ3) is 3.35. The van der Waals surface area contributed by atoms with Gasteiger partial charge >= 0.3 is 0 Å². The van der Waals surface area contributed by atoms with Crippen molar-refractivity contribution in [3.8, 4) is 0 Å². The highest BCUT2D eigenvalue weighted by atomic mass is 79.9. The number of anilines is 2. The van der Waals surface area contributed by atoms with Gasteiger partial charge in [0.15, 0.2) is 0 Å². The molecule has 0 radical (unpaired) electrons. The number of benzene rings is 2. The number of halogens is 2. The molecule has 0 unspecified atom stereocenters. The number of carbonyl (C=O) groups excluding carboxylic acids is 1. The molecular formula is C19H15BrFN5O. The highest BCUT2D eigenvalue weighted by Crippen LogP contribution is 2.35. The van der Waals surface area contributed by atoms with Crippen LogP contribution in [-0.4, -0.2) is 20.7 Å². The lowest BCUT2D eigenvalue weighted by molar-refractivity contribution is -0.113. The number of hydrogen-bond acceptors (Lipinski definition) is 4. The van der Waals surface area contributed by atoms with Crippen molar-refractivity contribution in [3.05, 3.63) is 82.0 Å². The van der Waals surface area contributed by atoms with Gasteiger partial charge in [0.1, 0.15) is 18.2 Å². The van der Waals surface area contributed by atoms with Crippen LogP contribution in [0.3, 0.4) is 0 Å². The molecule has 1 atom stereocenters. The number of aromatic nitrogens is 3. The summed E-state index contributed by atoms with van der Waals surface area (Å²) in [6, 6.07) is 12.9. The lowest BCUT2D eigenvalue weighted by Crippen LogP contribution is -2.31. The minimum absolute atomic E-state index is 0.291. The van der Waals surface area contributed by atoms with Gasteiger partial charge in [-0.25, -0.2) is 9.07 Å². The van der Waals surface area contributed by atoms with E-state index in [1.807, 2.05) is 31.2 Å². The van der Waals surface area contributed by atoms with Crippen molar-refractivity contribution in [2.45, 2.75) is 13.0 Å². The molecule has 0 aliphatic carbocycles. The van der Waals surface area contributed by atoms with E-state index in [2.05, 4.69) is 36.6 Å². The zero-order valence-electron chi connectivity index (χ0n) is 14.3. The molecule has 0 saturated carbocycles. The largest absolute Gasteiger partial charge is 0.328 e. The summed E-state index contributed by atoms with van der Waals surface area (Å²) < 4.78 is 15.8. The molecule has 27 heavy (non-hydrogen) atoms. The van der Waals surface area contributed by atoms with Crippen molar-refractivity contribution < 1.29 is 9.18 Å². The van der Waals surface area contributed by atoms with Crippen LogP contribution >= 0.6 is 15.9 Å². The normalized spacial score (nSPS) is 15.9. The molecule has 0 fully saturated rings. The fourth-order valence-electron chi connectivity index (χ4n) is 3.07. The molecule has 0 saturated heterocycles. The fourth-order valence-corrected chi connectivity index (χ4v) is 3.33. The fraction of sp³-hybridized carbons (Fsp3) is 0.105. The van der Waals surface area contributed by atoms with Gasteiger partial charge in [-0.3, -0.25) is 4.79 Å². The van der Waals surface area contributed by atoms with E-state index in [-0.39, 0.29) is 11.7 Å². The average molecular weight is 428 g/mol. The topological polar surface area (TPSA) is 71.8 Å². The van der Waals surface area contributed by atoms with Crippen LogP contribution in [0.4, 0.5) is 16.0 Å². The molecule has 136 valence electrons. The Hall–Kier alpha value is -3.00. The van der Waals surface area contributed by atoms with Crippen LogP contribution in [0.25, 0.3) is 0 Å². The molecule has 2 N–H and O–H groups in total. The van der Waals surface area contributed by atoms with E-state index in [4.69, 9.17) is 0 Å². The van der Waals surface area contributed by atoms with Gasteiger partial charge in [0.25, 0.3) is 5.91 Å². The Balaban J connectivity index is 1.74. The molecule has 6 nitrogen and oxygen atoms in total. The van der Waals surface area contributed by atoms with Crippen molar-refractivity contribution in [3.63, 3.8) is 0 Å². The van der Waals surface area contributed by atoms with Crippen LogP contribution in [0.15, 0.2) is 70.6 Å². The van der Waals surface area contributed by atoms with Crippen molar-refractivity contribution in [2.24, 2.45) is 0 Å². The number of nitrogens with one attached hydrogen (secondary N) is 2.